The van der Waals surface area contributed by atoms with Gasteiger partial charge in [0.1, 0.15) is 5.75 Å². The summed E-state index contributed by atoms with van der Waals surface area (Å²) in [4.78, 5) is 0. The lowest BCUT2D eigenvalue weighted by molar-refractivity contribution is -0.137. The maximum absolute atomic E-state index is 12.8. The number of ether oxygens (including phenoxy) is 1. The summed E-state index contributed by atoms with van der Waals surface area (Å²) in [5, 5.41) is 0. The van der Waals surface area contributed by atoms with Crippen molar-refractivity contribution in [2.75, 3.05) is 20.2 Å². The second-order valence-electron chi connectivity index (χ2n) is 4.93. The summed E-state index contributed by atoms with van der Waals surface area (Å²) in [5.74, 6) is 0.437. The Hall–Kier alpha value is -1.27. The molecular formula is C14H21F3N2O. The Kier molecular flexibility index (Phi) is 5.83. The van der Waals surface area contributed by atoms with Gasteiger partial charge >= 0.3 is 6.18 Å². The molecule has 114 valence electrons. The van der Waals surface area contributed by atoms with E-state index in [2.05, 4.69) is 0 Å². The minimum absolute atomic E-state index is 0.0873. The summed E-state index contributed by atoms with van der Waals surface area (Å²) in [6.45, 7) is 2.70. The molecule has 20 heavy (non-hydrogen) atoms. The Morgan fingerprint density at radius 3 is 2.25 bits per heavy atom. The predicted octanol–water partition coefficient (Wildman–Crippen LogP) is 2.74. The van der Waals surface area contributed by atoms with E-state index in [1.165, 1.54) is 13.2 Å². The standard InChI is InChI=1S/C14H21F3N2O/c1-9(5-10(7-18)8-19)12-6-11(14(15,16)17)3-4-13(12)20-2/h3-4,6,9-10H,5,7-8,18-19H2,1-2H3. The molecule has 0 aliphatic heterocycles. The van der Waals surface area contributed by atoms with E-state index in [1.54, 1.807) is 0 Å². The van der Waals surface area contributed by atoms with Crippen LogP contribution in [0, 0.1) is 5.92 Å². The van der Waals surface area contributed by atoms with E-state index < -0.39 is 11.7 Å². The van der Waals surface area contributed by atoms with Crippen LogP contribution in [-0.2, 0) is 6.18 Å². The Labute approximate surface area is 117 Å². The molecule has 1 aromatic carbocycles. The lowest BCUT2D eigenvalue weighted by atomic mass is 9.88. The first-order valence-electron chi connectivity index (χ1n) is 6.48. The maximum Gasteiger partial charge on any atom is 0.416 e. The van der Waals surface area contributed by atoms with Gasteiger partial charge in [0.05, 0.1) is 12.7 Å². The summed E-state index contributed by atoms with van der Waals surface area (Å²) in [7, 11) is 1.45. The molecule has 1 unspecified atom stereocenters. The molecule has 0 fully saturated rings. The smallest absolute Gasteiger partial charge is 0.416 e. The highest BCUT2D eigenvalue weighted by molar-refractivity contribution is 5.40. The third kappa shape index (κ3) is 4.11. The fourth-order valence-electron chi connectivity index (χ4n) is 2.21. The third-order valence-electron chi connectivity index (χ3n) is 3.44. The molecule has 3 nitrogen and oxygen atoms in total. The number of alkyl halides is 3. The molecule has 6 heteroatoms. The van der Waals surface area contributed by atoms with Crippen LogP contribution in [0.3, 0.4) is 0 Å². The minimum Gasteiger partial charge on any atom is -0.496 e. The highest BCUT2D eigenvalue weighted by atomic mass is 19.4. The lowest BCUT2D eigenvalue weighted by Gasteiger charge is -2.21. The summed E-state index contributed by atoms with van der Waals surface area (Å²) < 4.78 is 43.5. The molecule has 1 atom stereocenters. The molecule has 0 amide bonds. The van der Waals surface area contributed by atoms with E-state index in [-0.39, 0.29) is 11.8 Å². The Morgan fingerprint density at radius 2 is 1.80 bits per heavy atom. The molecule has 1 aromatic rings. The molecule has 0 bridgehead atoms. The SMILES string of the molecule is COc1ccc(C(F)(F)F)cc1C(C)CC(CN)CN. The van der Waals surface area contributed by atoms with Crippen molar-refractivity contribution in [2.45, 2.75) is 25.4 Å². The van der Waals surface area contributed by atoms with Gasteiger partial charge in [0.15, 0.2) is 0 Å². The zero-order valence-electron chi connectivity index (χ0n) is 11.7. The van der Waals surface area contributed by atoms with Gasteiger partial charge in [0.25, 0.3) is 0 Å². The maximum atomic E-state index is 12.8. The Bertz CT molecular complexity index is 431. The first-order chi connectivity index (χ1) is 9.33. The van der Waals surface area contributed by atoms with Gasteiger partial charge in [-0.3, -0.25) is 0 Å². The van der Waals surface area contributed by atoms with Crippen LogP contribution in [0.5, 0.6) is 5.75 Å². The van der Waals surface area contributed by atoms with Crippen LogP contribution in [0.2, 0.25) is 0 Å². The van der Waals surface area contributed by atoms with Crippen LogP contribution in [0.1, 0.15) is 30.4 Å². The molecule has 0 radical (unpaired) electrons. The van der Waals surface area contributed by atoms with Gasteiger partial charge in [-0.15, -0.1) is 0 Å². The number of rotatable bonds is 6. The summed E-state index contributed by atoms with van der Waals surface area (Å²) in [6, 6.07) is 3.53. The monoisotopic (exact) mass is 290 g/mol. The minimum atomic E-state index is -4.36. The number of hydrogen-bond acceptors (Lipinski definition) is 3. The van der Waals surface area contributed by atoms with E-state index in [4.69, 9.17) is 16.2 Å². The number of methoxy groups -OCH3 is 1. The summed E-state index contributed by atoms with van der Waals surface area (Å²) >= 11 is 0. The molecule has 0 aromatic heterocycles. The van der Waals surface area contributed by atoms with Crippen LogP contribution in [0.25, 0.3) is 0 Å². The van der Waals surface area contributed by atoms with Gasteiger partial charge < -0.3 is 16.2 Å². The van der Waals surface area contributed by atoms with Crippen molar-refractivity contribution >= 4 is 0 Å². The molecule has 1 rings (SSSR count). The van der Waals surface area contributed by atoms with E-state index in [9.17, 15) is 13.2 Å². The average Bonchev–Trinajstić information content (AvgIpc) is 2.42. The fraction of sp³-hybridized carbons (Fsp3) is 0.571. The summed E-state index contributed by atoms with van der Waals surface area (Å²) in [6.07, 6.45) is -3.73. The van der Waals surface area contributed by atoms with Crippen molar-refractivity contribution in [3.8, 4) is 5.75 Å². The number of nitrogens with two attached hydrogens (primary N) is 2. The van der Waals surface area contributed by atoms with Crippen LogP contribution in [0.15, 0.2) is 18.2 Å². The molecule has 0 aliphatic carbocycles. The van der Waals surface area contributed by atoms with E-state index in [0.717, 1.165) is 12.1 Å². The van der Waals surface area contributed by atoms with Crippen LogP contribution in [-0.4, -0.2) is 20.2 Å². The molecule has 0 saturated heterocycles. The third-order valence-corrected chi connectivity index (χ3v) is 3.44. The van der Waals surface area contributed by atoms with E-state index in [0.29, 0.717) is 30.8 Å². The second kappa shape index (κ2) is 6.95. The summed E-state index contributed by atoms with van der Waals surface area (Å²) in [5.41, 5.74) is 11.0. The first kappa shape index (κ1) is 16.8. The zero-order valence-corrected chi connectivity index (χ0v) is 11.7. The van der Waals surface area contributed by atoms with Crippen molar-refractivity contribution in [2.24, 2.45) is 17.4 Å². The number of hydrogen-bond donors (Lipinski definition) is 2. The first-order valence-corrected chi connectivity index (χ1v) is 6.48. The highest BCUT2D eigenvalue weighted by Crippen LogP contribution is 2.37. The zero-order chi connectivity index (χ0) is 15.3. The van der Waals surface area contributed by atoms with Crippen molar-refractivity contribution < 1.29 is 17.9 Å². The highest BCUT2D eigenvalue weighted by Gasteiger charge is 2.31. The van der Waals surface area contributed by atoms with Gasteiger partial charge in [-0.1, -0.05) is 6.92 Å². The fourth-order valence-corrected chi connectivity index (χ4v) is 2.21. The molecule has 0 heterocycles. The van der Waals surface area contributed by atoms with Crippen LogP contribution < -0.4 is 16.2 Å². The molecule has 0 saturated carbocycles. The van der Waals surface area contributed by atoms with E-state index >= 15 is 0 Å². The Morgan fingerprint density at radius 1 is 1.20 bits per heavy atom. The second-order valence-corrected chi connectivity index (χ2v) is 4.93. The predicted molar refractivity (Wildman–Crippen MR) is 72.6 cm³/mol. The van der Waals surface area contributed by atoms with Crippen molar-refractivity contribution in [3.05, 3.63) is 29.3 Å². The number of benzene rings is 1. The normalized spacial score (nSPS) is 13.6. The largest absolute Gasteiger partial charge is 0.496 e. The molecular weight excluding hydrogens is 269 g/mol. The van der Waals surface area contributed by atoms with Crippen molar-refractivity contribution in [3.63, 3.8) is 0 Å². The van der Waals surface area contributed by atoms with Gasteiger partial charge in [0.2, 0.25) is 0 Å². The molecule has 0 aliphatic rings. The molecule has 0 spiro atoms. The van der Waals surface area contributed by atoms with Gasteiger partial charge in [-0.05, 0) is 55.1 Å². The number of halogens is 3. The van der Waals surface area contributed by atoms with Crippen molar-refractivity contribution in [1.29, 1.82) is 0 Å². The van der Waals surface area contributed by atoms with Gasteiger partial charge in [-0.25, -0.2) is 0 Å². The van der Waals surface area contributed by atoms with Gasteiger partial charge in [-0.2, -0.15) is 13.2 Å². The van der Waals surface area contributed by atoms with Crippen molar-refractivity contribution in [1.82, 2.24) is 0 Å². The lowest BCUT2D eigenvalue weighted by Crippen LogP contribution is -2.24. The average molecular weight is 290 g/mol. The quantitative estimate of drug-likeness (QED) is 0.847. The Balaban J connectivity index is 3.07. The van der Waals surface area contributed by atoms with Crippen LogP contribution >= 0.6 is 0 Å². The van der Waals surface area contributed by atoms with Gasteiger partial charge in [0, 0.05) is 0 Å². The van der Waals surface area contributed by atoms with Crippen LogP contribution in [0.4, 0.5) is 13.2 Å². The topological polar surface area (TPSA) is 61.3 Å². The molecule has 4 N–H and O–H groups in total. The van der Waals surface area contributed by atoms with E-state index in [1.807, 2.05) is 6.92 Å².